The van der Waals surface area contributed by atoms with Crippen LogP contribution in [0.15, 0.2) is 24.3 Å². The van der Waals surface area contributed by atoms with Crippen molar-refractivity contribution >= 4 is 5.91 Å². The Morgan fingerprint density at radius 2 is 2.06 bits per heavy atom. The molecule has 1 unspecified atom stereocenters. The fourth-order valence-corrected chi connectivity index (χ4v) is 1.36. The molecular formula is C12H17NO4. The number of nitrogens with one attached hydrogen (secondary N) is 1. The fourth-order valence-electron chi connectivity index (χ4n) is 1.36. The van der Waals surface area contributed by atoms with Crippen LogP contribution in [0.1, 0.15) is 12.0 Å². The van der Waals surface area contributed by atoms with Crippen LogP contribution in [0.5, 0.6) is 5.75 Å². The Bertz CT molecular complexity index is 367. The van der Waals surface area contributed by atoms with E-state index in [9.17, 15) is 9.90 Å². The van der Waals surface area contributed by atoms with Crippen molar-refractivity contribution in [1.29, 1.82) is 0 Å². The number of amides is 1. The number of benzene rings is 1. The molecule has 0 bridgehead atoms. The second kappa shape index (κ2) is 6.88. The second-order valence-corrected chi connectivity index (χ2v) is 3.77. The molecule has 0 aliphatic rings. The molecule has 0 aliphatic heterocycles. The summed E-state index contributed by atoms with van der Waals surface area (Å²) >= 11 is 0. The Hall–Kier alpha value is -1.59. The molecule has 4 N–H and O–H groups in total. The number of rotatable bonds is 6. The molecule has 94 valence electrons. The third kappa shape index (κ3) is 4.84. The largest absolute Gasteiger partial charge is 0.508 e. The van der Waals surface area contributed by atoms with Gasteiger partial charge >= 0.3 is 0 Å². The zero-order chi connectivity index (χ0) is 12.7. The Morgan fingerprint density at radius 3 is 2.71 bits per heavy atom. The molecule has 0 aliphatic carbocycles. The topological polar surface area (TPSA) is 89.8 Å². The molecule has 0 fully saturated rings. The molecule has 1 amide bonds. The molecule has 0 saturated heterocycles. The first kappa shape index (κ1) is 13.5. The Labute approximate surface area is 99.7 Å². The van der Waals surface area contributed by atoms with Gasteiger partial charge in [-0.25, -0.2) is 0 Å². The summed E-state index contributed by atoms with van der Waals surface area (Å²) in [5, 5.41) is 29.6. The van der Waals surface area contributed by atoms with Crippen molar-refractivity contribution in [2.24, 2.45) is 0 Å². The van der Waals surface area contributed by atoms with E-state index in [4.69, 9.17) is 10.2 Å². The minimum Gasteiger partial charge on any atom is -0.508 e. The predicted octanol–water partition coefficient (Wildman–Crippen LogP) is -0.206. The van der Waals surface area contributed by atoms with Crippen LogP contribution in [0.3, 0.4) is 0 Å². The van der Waals surface area contributed by atoms with E-state index < -0.39 is 6.10 Å². The van der Waals surface area contributed by atoms with Crippen LogP contribution >= 0.6 is 0 Å². The summed E-state index contributed by atoms with van der Waals surface area (Å²) in [5.41, 5.74) is 0.713. The summed E-state index contributed by atoms with van der Waals surface area (Å²) in [6, 6.07) is 6.84. The minimum absolute atomic E-state index is 0.0378. The van der Waals surface area contributed by atoms with Crippen LogP contribution in [0, 0.1) is 0 Å². The summed E-state index contributed by atoms with van der Waals surface area (Å²) in [6.07, 6.45) is -0.257. The lowest BCUT2D eigenvalue weighted by molar-refractivity contribution is -0.121. The van der Waals surface area contributed by atoms with Gasteiger partial charge in [0.15, 0.2) is 0 Å². The number of aliphatic hydroxyl groups excluding tert-OH is 2. The average Bonchev–Trinajstić information content (AvgIpc) is 2.35. The molecule has 0 spiro atoms. The van der Waals surface area contributed by atoms with Crippen LogP contribution in [0.4, 0.5) is 0 Å². The summed E-state index contributed by atoms with van der Waals surface area (Å²) < 4.78 is 0. The van der Waals surface area contributed by atoms with Gasteiger partial charge in [0.2, 0.25) is 5.91 Å². The molecule has 5 nitrogen and oxygen atoms in total. The molecule has 0 heterocycles. The number of hydrogen-bond donors (Lipinski definition) is 4. The fraction of sp³-hybridized carbons (Fsp3) is 0.417. The third-order valence-electron chi connectivity index (χ3n) is 2.36. The monoisotopic (exact) mass is 239 g/mol. The van der Waals surface area contributed by atoms with Crippen LogP contribution in [-0.4, -0.2) is 40.5 Å². The number of aryl methyl sites for hydroxylation is 1. The van der Waals surface area contributed by atoms with E-state index in [0.29, 0.717) is 12.0 Å². The van der Waals surface area contributed by atoms with Gasteiger partial charge in [0, 0.05) is 13.0 Å². The number of carbonyl (C=O) groups excluding carboxylic acids is 1. The lowest BCUT2D eigenvalue weighted by atomic mass is 10.1. The number of carbonyl (C=O) groups is 1. The normalized spacial score (nSPS) is 12.1. The van der Waals surface area contributed by atoms with Gasteiger partial charge in [-0.3, -0.25) is 4.79 Å². The first-order valence-corrected chi connectivity index (χ1v) is 5.46. The third-order valence-corrected chi connectivity index (χ3v) is 2.36. The van der Waals surface area contributed by atoms with Crippen LogP contribution in [0.25, 0.3) is 0 Å². The number of aromatic hydroxyl groups is 1. The van der Waals surface area contributed by atoms with Gasteiger partial charge in [-0.15, -0.1) is 0 Å². The highest BCUT2D eigenvalue weighted by atomic mass is 16.3. The Morgan fingerprint density at radius 1 is 1.35 bits per heavy atom. The van der Waals surface area contributed by atoms with Gasteiger partial charge in [0.05, 0.1) is 12.7 Å². The second-order valence-electron chi connectivity index (χ2n) is 3.77. The summed E-state index contributed by atoms with van der Waals surface area (Å²) in [6.45, 7) is -0.337. The molecule has 1 atom stereocenters. The maximum atomic E-state index is 11.4. The number of para-hydroxylation sites is 1. The highest BCUT2D eigenvalue weighted by molar-refractivity contribution is 5.76. The smallest absolute Gasteiger partial charge is 0.220 e. The maximum Gasteiger partial charge on any atom is 0.220 e. The van der Waals surface area contributed by atoms with E-state index in [1.165, 1.54) is 0 Å². The highest BCUT2D eigenvalue weighted by Crippen LogP contribution is 2.16. The van der Waals surface area contributed by atoms with E-state index in [0.717, 1.165) is 0 Å². The number of phenolic OH excluding ortho intramolecular Hbond substituents is 1. The Kier molecular flexibility index (Phi) is 5.45. The van der Waals surface area contributed by atoms with Crippen LogP contribution in [0.2, 0.25) is 0 Å². The molecule has 0 radical (unpaired) electrons. The van der Waals surface area contributed by atoms with Crippen molar-refractivity contribution in [3.8, 4) is 5.75 Å². The van der Waals surface area contributed by atoms with Crippen molar-refractivity contribution in [3.63, 3.8) is 0 Å². The predicted molar refractivity (Wildman–Crippen MR) is 62.5 cm³/mol. The van der Waals surface area contributed by atoms with Crippen LogP contribution < -0.4 is 5.32 Å². The Balaban J connectivity index is 2.31. The number of aliphatic hydroxyl groups is 2. The van der Waals surface area contributed by atoms with Gasteiger partial charge in [-0.2, -0.15) is 0 Å². The lowest BCUT2D eigenvalue weighted by Crippen LogP contribution is -2.33. The van der Waals surface area contributed by atoms with Gasteiger partial charge in [-0.05, 0) is 18.1 Å². The number of hydrogen-bond acceptors (Lipinski definition) is 4. The quantitative estimate of drug-likeness (QED) is 0.553. The molecule has 5 heteroatoms. The lowest BCUT2D eigenvalue weighted by Gasteiger charge is -2.09. The van der Waals surface area contributed by atoms with Gasteiger partial charge in [-0.1, -0.05) is 18.2 Å². The SMILES string of the molecule is O=C(CCc1ccccc1O)NCC(O)CO. The zero-order valence-electron chi connectivity index (χ0n) is 9.47. The molecule has 0 aromatic heterocycles. The standard InChI is InChI=1S/C12H17NO4/c14-8-10(15)7-13-12(17)6-5-9-3-1-2-4-11(9)16/h1-4,10,14-16H,5-8H2,(H,13,17). The molecule has 17 heavy (non-hydrogen) atoms. The number of phenols is 1. The van der Waals surface area contributed by atoms with E-state index >= 15 is 0 Å². The molecular weight excluding hydrogens is 222 g/mol. The van der Waals surface area contributed by atoms with Crippen molar-refractivity contribution in [1.82, 2.24) is 5.32 Å². The van der Waals surface area contributed by atoms with Crippen molar-refractivity contribution in [2.75, 3.05) is 13.2 Å². The van der Waals surface area contributed by atoms with Crippen molar-refractivity contribution in [2.45, 2.75) is 18.9 Å². The van der Waals surface area contributed by atoms with E-state index in [2.05, 4.69) is 5.32 Å². The van der Waals surface area contributed by atoms with Crippen LogP contribution in [-0.2, 0) is 11.2 Å². The van der Waals surface area contributed by atoms with Gasteiger partial charge in [0.1, 0.15) is 5.75 Å². The van der Waals surface area contributed by atoms with Crippen molar-refractivity contribution < 1.29 is 20.1 Å². The first-order chi connectivity index (χ1) is 8.13. The average molecular weight is 239 g/mol. The van der Waals surface area contributed by atoms with E-state index in [1.807, 2.05) is 0 Å². The van der Waals surface area contributed by atoms with E-state index in [-0.39, 0.29) is 31.2 Å². The minimum atomic E-state index is -0.927. The summed E-state index contributed by atoms with van der Waals surface area (Å²) in [7, 11) is 0. The van der Waals surface area contributed by atoms with E-state index in [1.54, 1.807) is 24.3 Å². The summed E-state index contributed by atoms with van der Waals surface area (Å²) in [5.74, 6) is -0.0450. The summed E-state index contributed by atoms with van der Waals surface area (Å²) in [4.78, 5) is 11.4. The van der Waals surface area contributed by atoms with Gasteiger partial charge in [0.25, 0.3) is 0 Å². The van der Waals surface area contributed by atoms with Crippen molar-refractivity contribution in [3.05, 3.63) is 29.8 Å². The highest BCUT2D eigenvalue weighted by Gasteiger charge is 2.07. The molecule has 0 saturated carbocycles. The first-order valence-electron chi connectivity index (χ1n) is 5.46. The molecule has 1 aromatic rings. The van der Waals surface area contributed by atoms with Gasteiger partial charge < -0.3 is 20.6 Å². The maximum absolute atomic E-state index is 11.4. The zero-order valence-corrected chi connectivity index (χ0v) is 9.47. The molecule has 1 rings (SSSR count). The molecule has 1 aromatic carbocycles.